The minimum absolute atomic E-state index is 0.225. The second kappa shape index (κ2) is 4.17. The first kappa shape index (κ1) is 11.0. The first-order valence-electron chi connectivity index (χ1n) is 5.27. The molecule has 1 aromatic heterocycles. The Hall–Kier alpha value is -1.49. The molecule has 0 unspecified atom stereocenters. The third-order valence-electron chi connectivity index (χ3n) is 2.92. The number of carbonyl (C=O) groups is 1. The average Bonchev–Trinajstić information content (AvgIpc) is 2.23. The highest BCUT2D eigenvalue weighted by Crippen LogP contribution is 2.28. The molecular formula is C11H14FN3O. The third-order valence-corrected chi connectivity index (χ3v) is 2.92. The molecule has 0 saturated heterocycles. The van der Waals surface area contributed by atoms with E-state index in [4.69, 9.17) is 5.73 Å². The van der Waals surface area contributed by atoms with Crippen molar-refractivity contribution in [3.63, 3.8) is 0 Å². The van der Waals surface area contributed by atoms with Gasteiger partial charge >= 0.3 is 0 Å². The summed E-state index contributed by atoms with van der Waals surface area (Å²) >= 11 is 0. The number of pyridine rings is 1. The van der Waals surface area contributed by atoms with Crippen LogP contribution in [0.25, 0.3) is 0 Å². The first-order chi connectivity index (χ1) is 7.59. The summed E-state index contributed by atoms with van der Waals surface area (Å²) in [7, 11) is 0. The van der Waals surface area contributed by atoms with Crippen molar-refractivity contribution in [3.8, 4) is 0 Å². The molecule has 1 aliphatic carbocycles. The largest absolute Gasteiger partial charge is 0.350 e. The molecule has 3 N–H and O–H groups in total. The summed E-state index contributed by atoms with van der Waals surface area (Å²) in [6.07, 6.45) is 5.35. The Morgan fingerprint density at radius 3 is 2.88 bits per heavy atom. The van der Waals surface area contributed by atoms with Crippen LogP contribution in [0.3, 0.4) is 0 Å². The molecule has 0 aromatic carbocycles. The number of carbonyl (C=O) groups excluding carboxylic acids is 1. The highest BCUT2D eigenvalue weighted by atomic mass is 19.1. The zero-order valence-electron chi connectivity index (χ0n) is 8.87. The molecule has 2 rings (SSSR count). The second-order valence-corrected chi connectivity index (χ2v) is 4.29. The Kier molecular flexibility index (Phi) is 2.87. The van der Waals surface area contributed by atoms with E-state index in [0.29, 0.717) is 6.54 Å². The maximum Gasteiger partial charge on any atom is 0.253 e. The molecule has 0 radical (unpaired) electrons. The highest BCUT2D eigenvalue weighted by molar-refractivity contribution is 5.93. The Balaban J connectivity index is 1.93. The number of hydrogen-bond donors (Lipinski definition) is 2. The topological polar surface area (TPSA) is 68.0 Å². The van der Waals surface area contributed by atoms with Gasteiger partial charge < -0.3 is 11.1 Å². The van der Waals surface area contributed by atoms with E-state index in [0.717, 1.165) is 31.5 Å². The van der Waals surface area contributed by atoms with Crippen molar-refractivity contribution in [2.24, 2.45) is 5.73 Å². The summed E-state index contributed by atoms with van der Waals surface area (Å²) in [6.45, 7) is 0.433. The van der Waals surface area contributed by atoms with Crippen molar-refractivity contribution >= 4 is 5.91 Å². The summed E-state index contributed by atoms with van der Waals surface area (Å²) in [5.74, 6) is -0.845. The van der Waals surface area contributed by atoms with Crippen molar-refractivity contribution in [1.82, 2.24) is 10.3 Å². The van der Waals surface area contributed by atoms with Crippen molar-refractivity contribution < 1.29 is 9.18 Å². The molecule has 1 saturated carbocycles. The van der Waals surface area contributed by atoms with E-state index >= 15 is 0 Å². The number of nitrogens with zero attached hydrogens (tertiary/aromatic N) is 1. The third kappa shape index (κ3) is 2.36. The number of rotatable bonds is 3. The number of nitrogens with one attached hydrogen (secondary N) is 1. The van der Waals surface area contributed by atoms with Crippen molar-refractivity contribution in [2.45, 2.75) is 24.8 Å². The smallest absolute Gasteiger partial charge is 0.253 e. The van der Waals surface area contributed by atoms with Crippen LogP contribution in [-0.2, 0) is 0 Å². The van der Waals surface area contributed by atoms with Gasteiger partial charge in [-0.25, -0.2) is 4.39 Å². The minimum Gasteiger partial charge on any atom is -0.350 e. The highest BCUT2D eigenvalue weighted by Gasteiger charge is 2.32. The van der Waals surface area contributed by atoms with Crippen LogP contribution in [-0.4, -0.2) is 23.0 Å². The number of halogens is 1. The van der Waals surface area contributed by atoms with Gasteiger partial charge in [-0.15, -0.1) is 0 Å². The Labute approximate surface area is 93.1 Å². The van der Waals surface area contributed by atoms with Crippen molar-refractivity contribution in [1.29, 1.82) is 0 Å². The number of nitrogens with two attached hydrogens (primary N) is 1. The van der Waals surface area contributed by atoms with Gasteiger partial charge in [-0.05, 0) is 25.3 Å². The summed E-state index contributed by atoms with van der Waals surface area (Å²) in [5, 5.41) is 2.70. The molecule has 0 bridgehead atoms. The fourth-order valence-electron chi connectivity index (χ4n) is 1.70. The lowest BCUT2D eigenvalue weighted by Gasteiger charge is -2.38. The van der Waals surface area contributed by atoms with E-state index < -0.39 is 5.82 Å². The molecule has 16 heavy (non-hydrogen) atoms. The van der Waals surface area contributed by atoms with Gasteiger partial charge in [0.1, 0.15) is 5.82 Å². The van der Waals surface area contributed by atoms with Crippen LogP contribution < -0.4 is 11.1 Å². The molecule has 4 nitrogen and oxygen atoms in total. The number of hydrogen-bond acceptors (Lipinski definition) is 3. The maximum atomic E-state index is 12.8. The maximum absolute atomic E-state index is 12.8. The van der Waals surface area contributed by atoms with E-state index in [2.05, 4.69) is 10.3 Å². The first-order valence-corrected chi connectivity index (χ1v) is 5.27. The lowest BCUT2D eigenvalue weighted by molar-refractivity contribution is 0.0929. The van der Waals surface area contributed by atoms with Crippen molar-refractivity contribution in [2.75, 3.05) is 6.54 Å². The second-order valence-electron chi connectivity index (χ2n) is 4.29. The SMILES string of the molecule is NC1(CNC(=O)c2cncc(F)c2)CCC1. The molecular weight excluding hydrogens is 209 g/mol. The summed E-state index contributed by atoms with van der Waals surface area (Å²) < 4.78 is 12.8. The minimum atomic E-state index is -0.515. The molecule has 1 aromatic rings. The van der Waals surface area contributed by atoms with Crippen LogP contribution in [0, 0.1) is 5.82 Å². The zero-order valence-corrected chi connectivity index (χ0v) is 8.87. The van der Waals surface area contributed by atoms with Gasteiger partial charge in [0.25, 0.3) is 5.91 Å². The molecule has 86 valence electrons. The van der Waals surface area contributed by atoms with Crippen LogP contribution in [0.5, 0.6) is 0 Å². The molecule has 1 heterocycles. The Morgan fingerprint density at radius 1 is 1.56 bits per heavy atom. The molecule has 1 fully saturated rings. The van der Waals surface area contributed by atoms with Gasteiger partial charge in [-0.3, -0.25) is 9.78 Å². The Bertz CT molecular complexity index is 404. The van der Waals surface area contributed by atoms with Gasteiger partial charge in [0.15, 0.2) is 0 Å². The van der Waals surface area contributed by atoms with Crippen LogP contribution in [0.1, 0.15) is 29.6 Å². The standard InChI is InChI=1S/C11H14FN3O/c12-9-4-8(5-14-6-9)10(16)15-7-11(13)2-1-3-11/h4-6H,1-3,7,13H2,(H,15,16). The van der Waals surface area contributed by atoms with Gasteiger partial charge in [-0.2, -0.15) is 0 Å². The lowest BCUT2D eigenvalue weighted by atomic mass is 9.78. The lowest BCUT2D eigenvalue weighted by Crippen LogP contribution is -2.54. The fraction of sp³-hybridized carbons (Fsp3) is 0.455. The summed E-state index contributed by atoms with van der Waals surface area (Å²) in [6, 6.07) is 1.16. The van der Waals surface area contributed by atoms with E-state index in [1.54, 1.807) is 0 Å². The molecule has 5 heteroatoms. The van der Waals surface area contributed by atoms with Gasteiger partial charge in [0.2, 0.25) is 0 Å². The van der Waals surface area contributed by atoms with Crippen molar-refractivity contribution in [3.05, 3.63) is 29.8 Å². The van der Waals surface area contributed by atoms with Gasteiger partial charge in [0, 0.05) is 18.3 Å². The van der Waals surface area contributed by atoms with Crippen LogP contribution >= 0.6 is 0 Å². The van der Waals surface area contributed by atoms with Crippen LogP contribution in [0.15, 0.2) is 18.5 Å². The average molecular weight is 223 g/mol. The summed E-state index contributed by atoms with van der Waals surface area (Å²) in [5.41, 5.74) is 5.91. The van der Waals surface area contributed by atoms with Gasteiger partial charge in [0.05, 0.1) is 11.8 Å². The predicted molar refractivity (Wildman–Crippen MR) is 57.3 cm³/mol. The number of amides is 1. The number of aromatic nitrogens is 1. The summed E-state index contributed by atoms with van der Waals surface area (Å²) in [4.78, 5) is 15.2. The Morgan fingerprint density at radius 2 is 2.31 bits per heavy atom. The van der Waals surface area contributed by atoms with E-state index in [1.807, 2.05) is 0 Å². The van der Waals surface area contributed by atoms with E-state index in [-0.39, 0.29) is 17.0 Å². The molecule has 0 spiro atoms. The molecule has 1 amide bonds. The molecule has 0 atom stereocenters. The normalized spacial score (nSPS) is 17.6. The van der Waals surface area contributed by atoms with E-state index in [9.17, 15) is 9.18 Å². The monoisotopic (exact) mass is 223 g/mol. The van der Waals surface area contributed by atoms with E-state index in [1.165, 1.54) is 6.20 Å². The quantitative estimate of drug-likeness (QED) is 0.797. The zero-order chi connectivity index (χ0) is 11.6. The van der Waals surface area contributed by atoms with Crippen LogP contribution in [0.4, 0.5) is 4.39 Å². The van der Waals surface area contributed by atoms with Crippen LogP contribution in [0.2, 0.25) is 0 Å². The fourth-order valence-corrected chi connectivity index (χ4v) is 1.70. The molecule has 1 aliphatic rings. The molecule has 0 aliphatic heterocycles. The van der Waals surface area contributed by atoms with Gasteiger partial charge in [-0.1, -0.05) is 0 Å². The predicted octanol–water partition coefficient (Wildman–Crippen LogP) is 0.832.